The van der Waals surface area contributed by atoms with Crippen LogP contribution in [0.15, 0.2) is 23.0 Å². The van der Waals surface area contributed by atoms with Crippen LogP contribution in [-0.4, -0.2) is 28.5 Å². The molecule has 1 aromatic carbocycles. The lowest BCUT2D eigenvalue weighted by molar-refractivity contribution is 0.293. The van der Waals surface area contributed by atoms with Crippen LogP contribution in [0.4, 0.5) is 0 Å². The van der Waals surface area contributed by atoms with Gasteiger partial charge in [0.1, 0.15) is 0 Å². The summed E-state index contributed by atoms with van der Waals surface area (Å²) in [5.74, 6) is 0. The molecule has 104 valence electrons. The van der Waals surface area contributed by atoms with E-state index in [1.807, 2.05) is 10.0 Å². The van der Waals surface area contributed by atoms with Gasteiger partial charge in [-0.25, -0.2) is 0 Å². The molecule has 1 heterocycles. The molecule has 0 fully saturated rings. The zero-order chi connectivity index (χ0) is 13.8. The van der Waals surface area contributed by atoms with Crippen molar-refractivity contribution in [1.29, 1.82) is 0 Å². The van der Waals surface area contributed by atoms with Crippen LogP contribution >= 0.6 is 11.5 Å². The molecule has 0 N–H and O–H groups in total. The van der Waals surface area contributed by atoms with Crippen molar-refractivity contribution in [3.8, 4) is 0 Å². The Labute approximate surface area is 118 Å². The normalized spacial score (nSPS) is 11.6. The number of rotatable bonds is 6. The summed E-state index contributed by atoms with van der Waals surface area (Å²) in [5.41, 5.74) is 1.46. The summed E-state index contributed by atoms with van der Waals surface area (Å²) in [6, 6.07) is 6.18. The molecule has 4 heteroatoms. The van der Waals surface area contributed by atoms with Crippen molar-refractivity contribution in [2.24, 2.45) is 0 Å². The van der Waals surface area contributed by atoms with Crippen LogP contribution in [0, 0.1) is 0 Å². The average molecular weight is 278 g/mol. The predicted molar refractivity (Wildman–Crippen MR) is 83.3 cm³/mol. The van der Waals surface area contributed by atoms with Gasteiger partial charge >= 0.3 is 0 Å². The standard InChI is InChI=1S/C15H22N2OS/c1-4-12-7-8-13-14(11-12)19-17(15(13)18)10-9-16(5-2)6-3/h7-8,11H,4-6,9-10H2,1-3H3. The van der Waals surface area contributed by atoms with E-state index < -0.39 is 0 Å². The van der Waals surface area contributed by atoms with Crippen molar-refractivity contribution in [2.45, 2.75) is 33.7 Å². The van der Waals surface area contributed by atoms with Gasteiger partial charge in [-0.15, -0.1) is 0 Å². The molecule has 0 bridgehead atoms. The molecule has 0 saturated carbocycles. The first-order valence-corrected chi connectivity index (χ1v) is 7.82. The van der Waals surface area contributed by atoms with Crippen LogP contribution in [0.5, 0.6) is 0 Å². The second-order valence-electron chi connectivity index (χ2n) is 4.71. The fourth-order valence-corrected chi connectivity index (χ4v) is 3.30. The minimum atomic E-state index is 0.162. The molecule has 1 aromatic heterocycles. The van der Waals surface area contributed by atoms with E-state index in [4.69, 9.17) is 0 Å². The fourth-order valence-electron chi connectivity index (χ4n) is 2.25. The second-order valence-corrected chi connectivity index (χ2v) is 5.77. The smallest absolute Gasteiger partial charge is 0.268 e. The molecule has 3 nitrogen and oxygen atoms in total. The Morgan fingerprint density at radius 1 is 1.21 bits per heavy atom. The summed E-state index contributed by atoms with van der Waals surface area (Å²) in [7, 11) is 0. The summed E-state index contributed by atoms with van der Waals surface area (Å²) >= 11 is 1.59. The molecule has 0 amide bonds. The van der Waals surface area contributed by atoms with Gasteiger partial charge in [-0.05, 0) is 37.2 Å². The largest absolute Gasteiger partial charge is 0.302 e. The van der Waals surface area contributed by atoms with Gasteiger partial charge in [0, 0.05) is 13.1 Å². The van der Waals surface area contributed by atoms with E-state index in [-0.39, 0.29) is 5.56 Å². The highest BCUT2D eigenvalue weighted by atomic mass is 32.1. The Bertz CT molecular complexity index is 596. The molecule has 0 aliphatic carbocycles. The van der Waals surface area contributed by atoms with Gasteiger partial charge in [0.2, 0.25) is 0 Å². The predicted octanol–water partition coefficient (Wildman–Crippen LogP) is 2.97. The Morgan fingerprint density at radius 3 is 2.58 bits per heavy atom. The number of aromatic nitrogens is 1. The third-order valence-corrected chi connectivity index (χ3v) is 4.74. The number of aryl methyl sites for hydroxylation is 1. The number of fused-ring (bicyclic) bond motifs is 1. The molecular formula is C15H22N2OS. The van der Waals surface area contributed by atoms with Crippen molar-refractivity contribution >= 4 is 21.6 Å². The highest BCUT2D eigenvalue weighted by Crippen LogP contribution is 2.18. The van der Waals surface area contributed by atoms with Gasteiger partial charge in [0.05, 0.1) is 10.1 Å². The molecule has 2 rings (SSSR count). The molecule has 0 unspecified atom stereocenters. The van der Waals surface area contributed by atoms with Gasteiger partial charge in [-0.2, -0.15) is 0 Å². The van der Waals surface area contributed by atoms with Gasteiger partial charge in [0.25, 0.3) is 5.56 Å². The molecule has 19 heavy (non-hydrogen) atoms. The van der Waals surface area contributed by atoms with Gasteiger partial charge in [-0.1, -0.05) is 38.4 Å². The maximum atomic E-state index is 12.3. The first-order chi connectivity index (χ1) is 9.19. The van der Waals surface area contributed by atoms with Crippen LogP contribution in [0.3, 0.4) is 0 Å². The van der Waals surface area contributed by atoms with Crippen LogP contribution < -0.4 is 5.56 Å². The Kier molecular flexibility index (Phi) is 4.77. The number of benzene rings is 1. The van der Waals surface area contributed by atoms with E-state index in [0.29, 0.717) is 0 Å². The van der Waals surface area contributed by atoms with Gasteiger partial charge in [-0.3, -0.25) is 8.75 Å². The lowest BCUT2D eigenvalue weighted by atomic mass is 10.1. The summed E-state index contributed by atoms with van der Waals surface area (Å²) in [6.07, 6.45) is 1.02. The summed E-state index contributed by atoms with van der Waals surface area (Å²) in [4.78, 5) is 14.6. The number of hydrogen-bond acceptors (Lipinski definition) is 3. The third kappa shape index (κ3) is 3.07. The van der Waals surface area contributed by atoms with Crippen LogP contribution in [0.25, 0.3) is 10.1 Å². The van der Waals surface area contributed by atoms with Crippen LogP contribution in [0.1, 0.15) is 26.3 Å². The summed E-state index contributed by atoms with van der Waals surface area (Å²) in [5, 5.41) is 0.863. The van der Waals surface area contributed by atoms with Gasteiger partial charge < -0.3 is 4.90 Å². The molecule has 0 saturated heterocycles. The van der Waals surface area contributed by atoms with Crippen molar-refractivity contribution < 1.29 is 0 Å². The van der Waals surface area contributed by atoms with E-state index in [2.05, 4.69) is 37.8 Å². The van der Waals surface area contributed by atoms with E-state index >= 15 is 0 Å². The van der Waals surface area contributed by atoms with Crippen molar-refractivity contribution in [3.05, 3.63) is 34.1 Å². The van der Waals surface area contributed by atoms with Crippen LogP contribution in [-0.2, 0) is 13.0 Å². The van der Waals surface area contributed by atoms with E-state index in [1.165, 1.54) is 5.56 Å². The molecule has 0 spiro atoms. The lowest BCUT2D eigenvalue weighted by Gasteiger charge is -2.17. The molecule has 0 aliphatic heterocycles. The SMILES string of the molecule is CCc1ccc2c(=O)n(CCN(CC)CC)sc2c1. The monoisotopic (exact) mass is 278 g/mol. The molecular weight excluding hydrogens is 256 g/mol. The quantitative estimate of drug-likeness (QED) is 0.811. The molecule has 0 aliphatic rings. The average Bonchev–Trinajstić information content (AvgIpc) is 2.76. The van der Waals surface area contributed by atoms with Gasteiger partial charge in [0.15, 0.2) is 0 Å². The van der Waals surface area contributed by atoms with E-state index in [0.717, 1.165) is 42.7 Å². The highest BCUT2D eigenvalue weighted by Gasteiger charge is 2.08. The number of hydrogen-bond donors (Lipinski definition) is 0. The molecule has 2 aromatic rings. The van der Waals surface area contributed by atoms with E-state index in [9.17, 15) is 4.79 Å². The third-order valence-electron chi connectivity index (χ3n) is 3.63. The molecule has 0 radical (unpaired) electrons. The topological polar surface area (TPSA) is 25.2 Å². The number of likely N-dealkylation sites (N-methyl/N-ethyl adjacent to an activating group) is 1. The maximum absolute atomic E-state index is 12.3. The van der Waals surface area contributed by atoms with Crippen LogP contribution in [0.2, 0.25) is 0 Å². The minimum Gasteiger partial charge on any atom is -0.302 e. The lowest BCUT2D eigenvalue weighted by Crippen LogP contribution is -2.28. The maximum Gasteiger partial charge on any atom is 0.268 e. The zero-order valence-corrected chi connectivity index (χ0v) is 12.8. The Balaban J connectivity index is 2.24. The first kappa shape index (κ1) is 14.3. The first-order valence-electron chi connectivity index (χ1n) is 7.04. The van der Waals surface area contributed by atoms with Crippen molar-refractivity contribution in [2.75, 3.05) is 19.6 Å². The molecule has 0 atom stereocenters. The summed E-state index contributed by atoms with van der Waals surface area (Å²) < 4.78 is 3.01. The Morgan fingerprint density at radius 2 is 1.95 bits per heavy atom. The minimum absolute atomic E-state index is 0.162. The highest BCUT2D eigenvalue weighted by molar-refractivity contribution is 7.13. The fraction of sp³-hybridized carbons (Fsp3) is 0.533. The zero-order valence-electron chi connectivity index (χ0n) is 12.0. The second kappa shape index (κ2) is 6.35. The Hall–Kier alpha value is -1.13. The summed E-state index contributed by atoms with van der Waals surface area (Å²) in [6.45, 7) is 10.3. The van der Waals surface area contributed by atoms with Crippen molar-refractivity contribution in [3.63, 3.8) is 0 Å². The van der Waals surface area contributed by atoms with Crippen molar-refractivity contribution in [1.82, 2.24) is 8.86 Å². The number of nitrogens with zero attached hydrogens (tertiary/aromatic N) is 2. The van der Waals surface area contributed by atoms with E-state index in [1.54, 1.807) is 11.5 Å².